The molecule has 0 radical (unpaired) electrons. The van der Waals surface area contributed by atoms with E-state index in [9.17, 15) is 19.5 Å². The summed E-state index contributed by atoms with van der Waals surface area (Å²) < 4.78 is -0.749. The second kappa shape index (κ2) is 12.0. The van der Waals surface area contributed by atoms with Gasteiger partial charge in [0.1, 0.15) is 12.1 Å². The molecule has 6 N–H and O–H groups in total. The molecule has 0 heterocycles. The summed E-state index contributed by atoms with van der Waals surface area (Å²) >= 11 is 1.39. The largest absolute Gasteiger partial charge is 0.480 e. The third kappa shape index (κ3) is 6.40. The quantitative estimate of drug-likeness (QED) is 0.259. The van der Waals surface area contributed by atoms with Gasteiger partial charge in [0, 0.05) is 12.3 Å². The van der Waals surface area contributed by atoms with Gasteiger partial charge in [-0.2, -0.15) is 0 Å². The van der Waals surface area contributed by atoms with E-state index in [1.807, 2.05) is 91.0 Å². The van der Waals surface area contributed by atoms with Crippen molar-refractivity contribution in [3.8, 4) is 0 Å². The number of carbonyl (C=O) groups is 3. The highest BCUT2D eigenvalue weighted by Crippen LogP contribution is 2.48. The Labute approximate surface area is 207 Å². The van der Waals surface area contributed by atoms with E-state index in [0.29, 0.717) is 0 Å². The molecule has 0 aliphatic carbocycles. The lowest BCUT2D eigenvalue weighted by molar-refractivity contribution is -0.139. The number of carboxylic acid groups (broad SMARTS) is 2. The molecule has 0 fully saturated rings. The molecule has 35 heavy (non-hydrogen) atoms. The van der Waals surface area contributed by atoms with Crippen LogP contribution in [0.4, 0.5) is 4.79 Å². The topological polar surface area (TPSA) is 142 Å². The third-order valence-electron chi connectivity index (χ3n) is 5.41. The van der Waals surface area contributed by atoms with Crippen LogP contribution in [0.25, 0.3) is 0 Å². The lowest BCUT2D eigenvalue weighted by Crippen LogP contribution is -2.51. The number of nitrogens with one attached hydrogen (secondary N) is 2. The number of carboxylic acids is 2. The highest BCUT2D eigenvalue weighted by atomic mass is 32.2. The van der Waals surface area contributed by atoms with E-state index in [1.165, 1.54) is 11.8 Å². The van der Waals surface area contributed by atoms with Crippen molar-refractivity contribution in [3.63, 3.8) is 0 Å². The minimum atomic E-state index is -1.29. The molecule has 182 valence electrons. The van der Waals surface area contributed by atoms with Crippen molar-refractivity contribution in [2.45, 2.75) is 16.8 Å². The standard InChI is InChI=1S/C26H27N3O5S/c27-21(23(30)31)16-28-25(34)29-22(24(32)33)17-35-26(18-10-4-1-5-11-18,19-12-6-2-7-13-19)20-14-8-3-9-15-20/h1-15,21-22H,16-17,27H2,(H,30,31)(H,32,33)(H2,28,29,34). The molecule has 9 heteroatoms. The minimum Gasteiger partial charge on any atom is -0.480 e. The molecule has 0 aliphatic heterocycles. The van der Waals surface area contributed by atoms with Gasteiger partial charge in [0.2, 0.25) is 0 Å². The minimum absolute atomic E-state index is 0.0341. The fraction of sp³-hybridized carbons (Fsp3) is 0.192. The summed E-state index contributed by atoms with van der Waals surface area (Å²) in [4.78, 5) is 35.2. The van der Waals surface area contributed by atoms with Crippen molar-refractivity contribution in [1.82, 2.24) is 10.6 Å². The number of benzene rings is 3. The number of amides is 2. The summed E-state index contributed by atoms with van der Waals surface area (Å²) in [6, 6.07) is 26.0. The molecule has 0 saturated carbocycles. The van der Waals surface area contributed by atoms with Crippen LogP contribution in [0.3, 0.4) is 0 Å². The zero-order valence-electron chi connectivity index (χ0n) is 18.8. The Morgan fingerprint density at radius 2 is 1.20 bits per heavy atom. The molecular weight excluding hydrogens is 466 g/mol. The highest BCUT2D eigenvalue weighted by Gasteiger charge is 2.38. The lowest BCUT2D eigenvalue weighted by atomic mass is 9.84. The van der Waals surface area contributed by atoms with Gasteiger partial charge in [0.05, 0.1) is 4.75 Å². The van der Waals surface area contributed by atoms with Gasteiger partial charge in [-0.1, -0.05) is 91.0 Å². The van der Waals surface area contributed by atoms with Crippen molar-refractivity contribution in [1.29, 1.82) is 0 Å². The lowest BCUT2D eigenvalue weighted by Gasteiger charge is -2.36. The zero-order chi connectivity index (χ0) is 25.3. The molecule has 3 rings (SSSR count). The Balaban J connectivity index is 1.93. The number of nitrogens with two attached hydrogens (primary N) is 1. The van der Waals surface area contributed by atoms with Crippen LogP contribution in [0.15, 0.2) is 91.0 Å². The number of hydrogen-bond acceptors (Lipinski definition) is 5. The van der Waals surface area contributed by atoms with Gasteiger partial charge in [-0.15, -0.1) is 11.8 Å². The normalized spacial score (nSPS) is 12.8. The number of aliphatic carboxylic acids is 2. The number of hydrogen-bond donors (Lipinski definition) is 5. The van der Waals surface area contributed by atoms with Gasteiger partial charge >= 0.3 is 18.0 Å². The Kier molecular flexibility index (Phi) is 8.88. The van der Waals surface area contributed by atoms with Crippen LogP contribution >= 0.6 is 11.8 Å². The fourth-order valence-corrected chi connectivity index (χ4v) is 5.20. The van der Waals surface area contributed by atoms with Crippen LogP contribution in [-0.4, -0.2) is 52.6 Å². The van der Waals surface area contributed by atoms with Crippen molar-refractivity contribution in [2.75, 3.05) is 12.3 Å². The molecular formula is C26H27N3O5S. The maximum atomic E-state index is 12.3. The van der Waals surface area contributed by atoms with Crippen molar-refractivity contribution in [2.24, 2.45) is 5.73 Å². The van der Waals surface area contributed by atoms with Gasteiger partial charge < -0.3 is 26.6 Å². The number of urea groups is 1. The third-order valence-corrected chi connectivity index (χ3v) is 7.05. The van der Waals surface area contributed by atoms with E-state index in [1.54, 1.807) is 0 Å². The maximum absolute atomic E-state index is 12.3. The van der Waals surface area contributed by atoms with Crippen LogP contribution in [0.2, 0.25) is 0 Å². The first-order valence-corrected chi connectivity index (χ1v) is 11.9. The molecule has 2 atom stereocenters. The molecule has 8 nitrogen and oxygen atoms in total. The maximum Gasteiger partial charge on any atom is 0.327 e. The average Bonchev–Trinajstić information content (AvgIpc) is 2.88. The van der Waals surface area contributed by atoms with Gasteiger partial charge in [0.15, 0.2) is 0 Å². The summed E-state index contributed by atoms with van der Waals surface area (Å²) in [6.07, 6.45) is 0. The van der Waals surface area contributed by atoms with E-state index in [4.69, 9.17) is 10.8 Å². The van der Waals surface area contributed by atoms with E-state index >= 15 is 0 Å². The summed E-state index contributed by atoms with van der Waals surface area (Å²) in [5.74, 6) is -2.45. The van der Waals surface area contributed by atoms with E-state index < -0.39 is 34.8 Å². The second-order valence-corrected chi connectivity index (χ2v) is 9.01. The van der Waals surface area contributed by atoms with Gasteiger partial charge in [0.25, 0.3) is 0 Å². The van der Waals surface area contributed by atoms with E-state index in [0.717, 1.165) is 16.7 Å². The van der Waals surface area contributed by atoms with E-state index in [-0.39, 0.29) is 12.3 Å². The molecule has 3 aromatic rings. The molecule has 0 aromatic heterocycles. The van der Waals surface area contributed by atoms with Crippen LogP contribution in [0.1, 0.15) is 16.7 Å². The fourth-order valence-electron chi connectivity index (χ4n) is 3.65. The molecule has 0 spiro atoms. The van der Waals surface area contributed by atoms with Crippen LogP contribution in [0, 0.1) is 0 Å². The summed E-state index contributed by atoms with van der Waals surface area (Å²) in [6.45, 7) is -0.331. The molecule has 0 aliphatic rings. The molecule has 3 aromatic carbocycles. The molecule has 0 bridgehead atoms. The van der Waals surface area contributed by atoms with Crippen molar-refractivity contribution < 1.29 is 24.6 Å². The molecule has 2 amide bonds. The Hall–Kier alpha value is -3.82. The number of thioether (sulfide) groups is 1. The molecule has 0 saturated heterocycles. The highest BCUT2D eigenvalue weighted by molar-refractivity contribution is 8.00. The Morgan fingerprint density at radius 1 is 0.771 bits per heavy atom. The summed E-state index contributed by atoms with van der Waals surface area (Å²) in [5.41, 5.74) is 8.29. The summed E-state index contributed by atoms with van der Waals surface area (Å²) in [7, 11) is 0. The second-order valence-electron chi connectivity index (χ2n) is 7.78. The van der Waals surface area contributed by atoms with Crippen LogP contribution in [0.5, 0.6) is 0 Å². The predicted octanol–water partition coefficient (Wildman–Crippen LogP) is 2.88. The smallest absolute Gasteiger partial charge is 0.327 e. The van der Waals surface area contributed by atoms with Gasteiger partial charge in [-0.05, 0) is 16.7 Å². The van der Waals surface area contributed by atoms with Crippen molar-refractivity contribution in [3.05, 3.63) is 108 Å². The first-order chi connectivity index (χ1) is 16.8. The predicted molar refractivity (Wildman–Crippen MR) is 135 cm³/mol. The van der Waals surface area contributed by atoms with Crippen molar-refractivity contribution >= 4 is 29.7 Å². The Morgan fingerprint density at radius 3 is 1.57 bits per heavy atom. The van der Waals surface area contributed by atoms with E-state index in [2.05, 4.69) is 10.6 Å². The zero-order valence-corrected chi connectivity index (χ0v) is 19.7. The average molecular weight is 494 g/mol. The van der Waals surface area contributed by atoms with Crippen LogP contribution < -0.4 is 16.4 Å². The SMILES string of the molecule is NC(CNC(=O)NC(CSC(c1ccccc1)(c1ccccc1)c1ccccc1)C(=O)O)C(=O)O. The van der Waals surface area contributed by atoms with Crippen LogP contribution in [-0.2, 0) is 14.3 Å². The van der Waals surface area contributed by atoms with Gasteiger partial charge in [-0.25, -0.2) is 9.59 Å². The number of rotatable bonds is 11. The molecule has 2 unspecified atom stereocenters. The monoisotopic (exact) mass is 493 g/mol. The first-order valence-electron chi connectivity index (χ1n) is 10.9. The van der Waals surface area contributed by atoms with Gasteiger partial charge in [-0.3, -0.25) is 4.79 Å². The first kappa shape index (κ1) is 25.8. The summed E-state index contributed by atoms with van der Waals surface area (Å²) in [5, 5.41) is 23.4. The Bertz CT molecular complexity index is 1030. The number of carbonyl (C=O) groups excluding carboxylic acids is 1.